The van der Waals surface area contributed by atoms with E-state index in [4.69, 9.17) is 14.2 Å². The van der Waals surface area contributed by atoms with Gasteiger partial charge in [-0.25, -0.2) is 0 Å². The van der Waals surface area contributed by atoms with E-state index in [-0.39, 0.29) is 6.29 Å². The molecule has 0 saturated heterocycles. The number of rotatable bonds is 7. The summed E-state index contributed by atoms with van der Waals surface area (Å²) >= 11 is 0. The Labute approximate surface area is 109 Å². The van der Waals surface area contributed by atoms with Crippen LogP contribution in [0.15, 0.2) is 35.9 Å². The largest absolute Gasteiger partial charge is 0.497 e. The zero-order valence-corrected chi connectivity index (χ0v) is 11.6. The first-order valence-electron chi connectivity index (χ1n) is 6.03. The molecule has 0 aliphatic carbocycles. The van der Waals surface area contributed by atoms with Crippen LogP contribution in [0.4, 0.5) is 0 Å². The van der Waals surface area contributed by atoms with Crippen molar-refractivity contribution < 1.29 is 14.2 Å². The highest BCUT2D eigenvalue weighted by molar-refractivity contribution is 5.30. The summed E-state index contributed by atoms with van der Waals surface area (Å²) in [5, 5.41) is 0. The molecule has 0 unspecified atom stereocenters. The van der Waals surface area contributed by atoms with Crippen LogP contribution in [-0.2, 0) is 15.9 Å². The molecule has 0 aliphatic heterocycles. The lowest BCUT2D eigenvalue weighted by atomic mass is 10.1. The molecule has 0 aliphatic rings. The molecule has 0 radical (unpaired) electrons. The molecule has 0 amide bonds. The lowest BCUT2D eigenvalue weighted by Gasteiger charge is -2.13. The Balaban J connectivity index is 2.56. The summed E-state index contributed by atoms with van der Waals surface area (Å²) in [6.45, 7) is 2.09. The van der Waals surface area contributed by atoms with E-state index in [1.54, 1.807) is 21.3 Å². The van der Waals surface area contributed by atoms with E-state index in [0.717, 1.165) is 18.6 Å². The Morgan fingerprint density at radius 1 is 1.22 bits per heavy atom. The lowest BCUT2D eigenvalue weighted by Crippen LogP contribution is -2.12. The third-order valence-electron chi connectivity index (χ3n) is 2.83. The molecule has 3 heteroatoms. The van der Waals surface area contributed by atoms with Gasteiger partial charge in [0.05, 0.1) is 7.11 Å². The van der Waals surface area contributed by atoms with Crippen LogP contribution in [0.5, 0.6) is 5.75 Å². The molecular weight excluding hydrogens is 228 g/mol. The van der Waals surface area contributed by atoms with Crippen LogP contribution >= 0.6 is 0 Å². The molecule has 0 fully saturated rings. The molecule has 0 heterocycles. The first-order valence-corrected chi connectivity index (χ1v) is 6.03. The highest BCUT2D eigenvalue weighted by Gasteiger charge is 2.05. The lowest BCUT2D eigenvalue weighted by molar-refractivity contribution is -0.100. The molecule has 100 valence electrons. The summed E-state index contributed by atoms with van der Waals surface area (Å²) in [4.78, 5) is 0. The molecule has 3 nitrogen and oxygen atoms in total. The van der Waals surface area contributed by atoms with Gasteiger partial charge in [-0.05, 0) is 31.0 Å². The molecule has 0 spiro atoms. The van der Waals surface area contributed by atoms with Gasteiger partial charge < -0.3 is 14.2 Å². The van der Waals surface area contributed by atoms with Crippen molar-refractivity contribution in [3.8, 4) is 5.75 Å². The molecule has 0 N–H and O–H groups in total. The van der Waals surface area contributed by atoms with Gasteiger partial charge in [-0.15, -0.1) is 0 Å². The zero-order chi connectivity index (χ0) is 13.4. The second-order valence-electron chi connectivity index (χ2n) is 4.21. The van der Waals surface area contributed by atoms with E-state index in [0.29, 0.717) is 0 Å². The molecule has 0 atom stereocenters. The number of allylic oxidation sites excluding steroid dienone is 1. The van der Waals surface area contributed by atoms with Gasteiger partial charge in [0.25, 0.3) is 0 Å². The van der Waals surface area contributed by atoms with Crippen molar-refractivity contribution in [3.63, 3.8) is 0 Å². The Morgan fingerprint density at radius 2 is 1.94 bits per heavy atom. The van der Waals surface area contributed by atoms with Crippen molar-refractivity contribution in [1.82, 2.24) is 0 Å². The summed E-state index contributed by atoms with van der Waals surface area (Å²) in [5.41, 5.74) is 2.49. The predicted molar refractivity (Wildman–Crippen MR) is 72.9 cm³/mol. The summed E-state index contributed by atoms with van der Waals surface area (Å²) in [5.74, 6) is 0.894. The Morgan fingerprint density at radius 3 is 2.56 bits per heavy atom. The van der Waals surface area contributed by atoms with Gasteiger partial charge in [-0.1, -0.05) is 23.8 Å². The number of methoxy groups -OCH3 is 3. The number of benzene rings is 1. The average molecular weight is 250 g/mol. The van der Waals surface area contributed by atoms with Crippen LogP contribution in [0, 0.1) is 0 Å². The van der Waals surface area contributed by atoms with E-state index < -0.39 is 0 Å². The highest BCUT2D eigenvalue weighted by atomic mass is 16.7. The van der Waals surface area contributed by atoms with Gasteiger partial charge in [0.15, 0.2) is 6.29 Å². The molecule has 1 aromatic rings. The number of hydrogen-bond acceptors (Lipinski definition) is 3. The smallest absolute Gasteiger partial charge is 0.160 e. The van der Waals surface area contributed by atoms with E-state index in [1.165, 1.54) is 11.1 Å². The maximum atomic E-state index is 5.20. The van der Waals surface area contributed by atoms with Crippen LogP contribution in [0.25, 0.3) is 0 Å². The molecule has 0 saturated carbocycles. The second kappa shape index (κ2) is 7.90. The fraction of sp³-hybridized carbons (Fsp3) is 0.467. The minimum Gasteiger partial charge on any atom is -0.497 e. The summed E-state index contributed by atoms with van der Waals surface area (Å²) in [6, 6.07) is 8.10. The van der Waals surface area contributed by atoms with Crippen molar-refractivity contribution in [2.24, 2.45) is 0 Å². The van der Waals surface area contributed by atoms with E-state index in [2.05, 4.69) is 19.1 Å². The third-order valence-corrected chi connectivity index (χ3v) is 2.83. The van der Waals surface area contributed by atoms with Crippen molar-refractivity contribution in [2.45, 2.75) is 26.1 Å². The number of ether oxygens (including phenoxy) is 3. The van der Waals surface area contributed by atoms with Crippen molar-refractivity contribution >= 4 is 0 Å². The van der Waals surface area contributed by atoms with Gasteiger partial charge in [-0.2, -0.15) is 0 Å². The molecule has 0 aromatic heterocycles. The molecule has 18 heavy (non-hydrogen) atoms. The van der Waals surface area contributed by atoms with Crippen LogP contribution in [0.1, 0.15) is 18.9 Å². The first-order chi connectivity index (χ1) is 8.69. The highest BCUT2D eigenvalue weighted by Crippen LogP contribution is 2.15. The second-order valence-corrected chi connectivity index (χ2v) is 4.21. The quantitative estimate of drug-likeness (QED) is 0.549. The molecule has 0 bridgehead atoms. The fourth-order valence-corrected chi connectivity index (χ4v) is 1.70. The summed E-state index contributed by atoms with van der Waals surface area (Å²) in [6.07, 6.45) is 3.71. The Bertz CT molecular complexity index is 381. The van der Waals surface area contributed by atoms with Crippen molar-refractivity contribution in [2.75, 3.05) is 21.3 Å². The maximum absolute atomic E-state index is 5.20. The minimum atomic E-state index is -0.161. The standard InChI is InChI=1S/C15H22O3/c1-12(10-15(17-3)18-4)8-9-13-6-5-7-14(11-13)16-2/h5-8,11,15H,9-10H2,1-4H3/b12-8+. The maximum Gasteiger partial charge on any atom is 0.160 e. The van der Waals surface area contributed by atoms with Crippen LogP contribution < -0.4 is 4.74 Å². The van der Waals surface area contributed by atoms with Crippen LogP contribution in [0.3, 0.4) is 0 Å². The predicted octanol–water partition coefficient (Wildman–Crippen LogP) is 3.19. The monoisotopic (exact) mass is 250 g/mol. The summed E-state index contributed by atoms with van der Waals surface area (Å²) in [7, 11) is 5.00. The zero-order valence-electron chi connectivity index (χ0n) is 11.6. The van der Waals surface area contributed by atoms with Crippen molar-refractivity contribution in [1.29, 1.82) is 0 Å². The topological polar surface area (TPSA) is 27.7 Å². The first kappa shape index (κ1) is 14.7. The fourth-order valence-electron chi connectivity index (χ4n) is 1.70. The summed E-state index contributed by atoms with van der Waals surface area (Å²) < 4.78 is 15.6. The molecule has 1 rings (SSSR count). The van der Waals surface area contributed by atoms with E-state index in [9.17, 15) is 0 Å². The van der Waals surface area contributed by atoms with E-state index in [1.807, 2.05) is 18.2 Å². The van der Waals surface area contributed by atoms with Crippen LogP contribution in [-0.4, -0.2) is 27.6 Å². The molecule has 1 aromatic carbocycles. The molecular formula is C15H22O3. The van der Waals surface area contributed by atoms with Gasteiger partial charge >= 0.3 is 0 Å². The normalized spacial score (nSPS) is 11.9. The Hall–Kier alpha value is -1.32. The van der Waals surface area contributed by atoms with E-state index >= 15 is 0 Å². The van der Waals surface area contributed by atoms with Gasteiger partial charge in [-0.3, -0.25) is 0 Å². The van der Waals surface area contributed by atoms with Crippen LogP contribution in [0.2, 0.25) is 0 Å². The SMILES string of the molecule is COc1cccc(C/C=C(\C)CC(OC)OC)c1. The average Bonchev–Trinajstić information content (AvgIpc) is 2.42. The number of hydrogen-bond donors (Lipinski definition) is 0. The van der Waals surface area contributed by atoms with Gasteiger partial charge in [0.2, 0.25) is 0 Å². The van der Waals surface area contributed by atoms with Gasteiger partial charge in [0.1, 0.15) is 5.75 Å². The third kappa shape index (κ3) is 4.90. The minimum absolute atomic E-state index is 0.161. The van der Waals surface area contributed by atoms with Crippen molar-refractivity contribution in [3.05, 3.63) is 41.5 Å². The van der Waals surface area contributed by atoms with Gasteiger partial charge in [0, 0.05) is 20.6 Å². The Kier molecular flexibility index (Phi) is 6.47.